The fourth-order valence-corrected chi connectivity index (χ4v) is 3.71. The summed E-state index contributed by atoms with van der Waals surface area (Å²) in [7, 11) is 0. The van der Waals surface area contributed by atoms with Crippen LogP contribution in [0.2, 0.25) is 5.02 Å². The molecular formula is C21H20ClF3N2O2. The van der Waals surface area contributed by atoms with Crippen LogP contribution in [-0.2, 0) is 28.9 Å². The Kier molecular flexibility index (Phi) is 6.47. The van der Waals surface area contributed by atoms with Crippen LogP contribution in [-0.4, -0.2) is 22.8 Å². The molecule has 1 saturated heterocycles. The molecule has 2 amide bonds. The van der Waals surface area contributed by atoms with Crippen LogP contribution in [0.5, 0.6) is 0 Å². The highest BCUT2D eigenvalue weighted by molar-refractivity contribution is 6.32. The molecule has 0 spiro atoms. The van der Waals surface area contributed by atoms with Gasteiger partial charge >= 0.3 is 6.18 Å². The minimum Gasteiger partial charge on any atom is -0.350 e. The first-order valence-corrected chi connectivity index (χ1v) is 9.61. The molecule has 3 rings (SSSR count). The molecule has 0 unspecified atom stereocenters. The molecule has 0 bridgehead atoms. The smallest absolute Gasteiger partial charge is 0.350 e. The van der Waals surface area contributed by atoms with Gasteiger partial charge in [0, 0.05) is 19.5 Å². The highest BCUT2D eigenvalue weighted by Crippen LogP contribution is 2.36. The fourth-order valence-electron chi connectivity index (χ4n) is 3.41. The second kappa shape index (κ2) is 8.86. The van der Waals surface area contributed by atoms with E-state index in [0.29, 0.717) is 25.8 Å². The van der Waals surface area contributed by atoms with Crippen molar-refractivity contribution < 1.29 is 22.8 Å². The summed E-state index contributed by atoms with van der Waals surface area (Å²) in [5.74, 6) is -0.514. The van der Waals surface area contributed by atoms with Crippen molar-refractivity contribution in [2.24, 2.45) is 0 Å². The number of benzene rings is 2. The highest BCUT2D eigenvalue weighted by atomic mass is 35.5. The predicted octanol–water partition coefficient (Wildman–Crippen LogP) is 4.56. The number of nitrogens with zero attached hydrogens (tertiary/aromatic N) is 1. The van der Waals surface area contributed by atoms with Gasteiger partial charge in [-0.15, -0.1) is 0 Å². The molecule has 1 heterocycles. The third-order valence-corrected chi connectivity index (χ3v) is 5.35. The summed E-state index contributed by atoms with van der Waals surface area (Å²) in [6, 6.07) is 12.2. The number of amides is 2. The number of carbonyl (C=O) groups excluding carboxylic acids is 2. The van der Waals surface area contributed by atoms with Crippen LogP contribution in [0.1, 0.15) is 36.0 Å². The van der Waals surface area contributed by atoms with Gasteiger partial charge in [-0.05, 0) is 30.0 Å². The molecule has 0 aliphatic carbocycles. The summed E-state index contributed by atoms with van der Waals surface area (Å²) in [4.78, 5) is 26.7. The summed E-state index contributed by atoms with van der Waals surface area (Å²) >= 11 is 5.89. The number of rotatable bonds is 5. The second-order valence-electron chi connectivity index (χ2n) is 6.91. The van der Waals surface area contributed by atoms with E-state index in [1.165, 1.54) is 17.0 Å². The number of likely N-dealkylation sites (tertiary alicyclic amines) is 1. The Balaban J connectivity index is 1.71. The van der Waals surface area contributed by atoms with E-state index >= 15 is 0 Å². The van der Waals surface area contributed by atoms with Crippen molar-refractivity contribution in [1.29, 1.82) is 0 Å². The molecule has 1 aliphatic heterocycles. The normalized spacial score (nSPS) is 17.3. The van der Waals surface area contributed by atoms with Gasteiger partial charge in [0.1, 0.15) is 6.04 Å². The van der Waals surface area contributed by atoms with E-state index in [9.17, 15) is 22.8 Å². The van der Waals surface area contributed by atoms with Crippen LogP contribution in [0.4, 0.5) is 13.2 Å². The van der Waals surface area contributed by atoms with Crippen molar-refractivity contribution in [3.05, 3.63) is 70.2 Å². The number of halogens is 4. The maximum Gasteiger partial charge on any atom is 0.417 e. The molecule has 1 N–H and O–H groups in total. The van der Waals surface area contributed by atoms with Crippen molar-refractivity contribution in [2.75, 3.05) is 0 Å². The molecule has 0 saturated carbocycles. The Morgan fingerprint density at radius 3 is 2.55 bits per heavy atom. The highest BCUT2D eigenvalue weighted by Gasteiger charge is 2.35. The van der Waals surface area contributed by atoms with Crippen LogP contribution in [0.25, 0.3) is 0 Å². The third-order valence-electron chi connectivity index (χ3n) is 4.90. The molecule has 0 radical (unpaired) electrons. The zero-order valence-electron chi connectivity index (χ0n) is 15.5. The molecule has 1 atom stereocenters. The Morgan fingerprint density at radius 1 is 1.14 bits per heavy atom. The van der Waals surface area contributed by atoms with Crippen molar-refractivity contribution in [3.8, 4) is 0 Å². The molecule has 1 aliphatic rings. The van der Waals surface area contributed by atoms with E-state index in [2.05, 4.69) is 5.32 Å². The number of carbonyl (C=O) groups is 2. The minimum absolute atomic E-state index is 0.114. The Morgan fingerprint density at radius 2 is 1.86 bits per heavy atom. The van der Waals surface area contributed by atoms with Crippen LogP contribution in [0.3, 0.4) is 0 Å². The average molecular weight is 425 g/mol. The molecule has 2 aromatic carbocycles. The largest absolute Gasteiger partial charge is 0.417 e. The van der Waals surface area contributed by atoms with E-state index < -0.39 is 28.7 Å². The first kappa shape index (κ1) is 21.2. The Bertz CT molecular complexity index is 887. The van der Waals surface area contributed by atoms with E-state index in [-0.39, 0.29) is 18.0 Å². The molecular weight excluding hydrogens is 405 g/mol. The summed E-state index contributed by atoms with van der Waals surface area (Å²) in [5, 5.41) is 2.21. The van der Waals surface area contributed by atoms with Gasteiger partial charge in [0.2, 0.25) is 11.8 Å². The van der Waals surface area contributed by atoms with Gasteiger partial charge in [0.05, 0.1) is 10.6 Å². The molecule has 154 valence electrons. The quantitative estimate of drug-likeness (QED) is 0.765. The standard InChI is InChI=1S/C21H20ClF3N2O2/c22-19-15(8-4-9-16(19)21(23,24)25)12-26-20(29)17-10-5-11-18(28)27(17)13-14-6-2-1-3-7-14/h1-4,6-9,17H,5,10-13H2,(H,26,29)/t17-/m1/s1. The molecule has 29 heavy (non-hydrogen) atoms. The maximum absolute atomic E-state index is 13.0. The molecule has 8 heteroatoms. The summed E-state index contributed by atoms with van der Waals surface area (Å²) in [5.41, 5.74) is 0.137. The lowest BCUT2D eigenvalue weighted by Gasteiger charge is -2.34. The lowest BCUT2D eigenvalue weighted by atomic mass is 9.99. The first-order valence-electron chi connectivity index (χ1n) is 9.23. The number of alkyl halides is 3. The minimum atomic E-state index is -4.57. The second-order valence-corrected chi connectivity index (χ2v) is 7.29. The first-order chi connectivity index (χ1) is 13.8. The number of hydrogen-bond donors (Lipinski definition) is 1. The van der Waals surface area contributed by atoms with Gasteiger partial charge in [0.25, 0.3) is 0 Å². The van der Waals surface area contributed by atoms with Crippen LogP contribution in [0, 0.1) is 0 Å². The topological polar surface area (TPSA) is 49.4 Å². The lowest BCUT2D eigenvalue weighted by Crippen LogP contribution is -2.51. The van der Waals surface area contributed by atoms with Crippen molar-refractivity contribution in [3.63, 3.8) is 0 Å². The van der Waals surface area contributed by atoms with E-state index in [1.807, 2.05) is 30.3 Å². The third kappa shape index (κ3) is 5.09. The van der Waals surface area contributed by atoms with Gasteiger partial charge in [0.15, 0.2) is 0 Å². The van der Waals surface area contributed by atoms with Gasteiger partial charge < -0.3 is 10.2 Å². The Hall–Kier alpha value is -2.54. The number of piperidine rings is 1. The molecule has 2 aromatic rings. The van der Waals surface area contributed by atoms with E-state index in [4.69, 9.17) is 11.6 Å². The van der Waals surface area contributed by atoms with Gasteiger partial charge in [-0.25, -0.2) is 0 Å². The average Bonchev–Trinajstić information content (AvgIpc) is 2.68. The lowest BCUT2D eigenvalue weighted by molar-refractivity contribution is -0.144. The monoisotopic (exact) mass is 424 g/mol. The molecule has 0 aromatic heterocycles. The zero-order chi connectivity index (χ0) is 21.0. The molecule has 4 nitrogen and oxygen atoms in total. The van der Waals surface area contributed by atoms with Gasteiger partial charge in [-0.1, -0.05) is 54.1 Å². The van der Waals surface area contributed by atoms with E-state index in [1.54, 1.807) is 0 Å². The van der Waals surface area contributed by atoms with Gasteiger partial charge in [-0.3, -0.25) is 9.59 Å². The predicted molar refractivity (Wildman–Crippen MR) is 103 cm³/mol. The van der Waals surface area contributed by atoms with E-state index in [0.717, 1.165) is 11.6 Å². The number of hydrogen-bond acceptors (Lipinski definition) is 2. The van der Waals surface area contributed by atoms with Crippen LogP contribution >= 0.6 is 11.6 Å². The zero-order valence-corrected chi connectivity index (χ0v) is 16.3. The Labute approximate surface area is 171 Å². The number of nitrogens with one attached hydrogen (secondary N) is 1. The van der Waals surface area contributed by atoms with Gasteiger partial charge in [-0.2, -0.15) is 13.2 Å². The van der Waals surface area contributed by atoms with Crippen molar-refractivity contribution >= 4 is 23.4 Å². The van der Waals surface area contributed by atoms with Crippen molar-refractivity contribution in [1.82, 2.24) is 10.2 Å². The summed E-state index contributed by atoms with van der Waals surface area (Å²) in [6.45, 7) is 0.160. The maximum atomic E-state index is 13.0. The summed E-state index contributed by atoms with van der Waals surface area (Å²) < 4.78 is 39.0. The van der Waals surface area contributed by atoms with Crippen LogP contribution < -0.4 is 5.32 Å². The fraction of sp³-hybridized carbons (Fsp3) is 0.333. The van der Waals surface area contributed by atoms with Crippen molar-refractivity contribution in [2.45, 2.75) is 44.6 Å². The SMILES string of the molecule is O=C(NCc1cccc(C(F)(F)F)c1Cl)[C@H]1CCCC(=O)N1Cc1ccccc1. The molecule has 1 fully saturated rings. The van der Waals surface area contributed by atoms with Crippen LogP contribution in [0.15, 0.2) is 48.5 Å². The summed E-state index contributed by atoms with van der Waals surface area (Å²) in [6.07, 6.45) is -3.11.